The Kier molecular flexibility index (Phi) is 4.73. The van der Waals surface area contributed by atoms with Crippen LogP contribution in [-0.2, 0) is 6.42 Å². The van der Waals surface area contributed by atoms with Crippen LogP contribution < -0.4 is 0 Å². The fourth-order valence-electron chi connectivity index (χ4n) is 3.56. The minimum absolute atomic E-state index is 0.0488. The minimum Gasteiger partial charge on any atom is -0.207 e. The molecular weight excluding hydrogens is 278 g/mol. The molecule has 112 valence electrons. The highest BCUT2D eigenvalue weighted by molar-refractivity contribution is 6.20. The second-order valence-electron chi connectivity index (χ2n) is 6.98. The number of alkyl halides is 1. The molecule has 20 heavy (non-hydrogen) atoms. The van der Waals surface area contributed by atoms with Gasteiger partial charge in [0.1, 0.15) is 11.6 Å². The van der Waals surface area contributed by atoms with Gasteiger partial charge in [0.15, 0.2) is 0 Å². The van der Waals surface area contributed by atoms with Gasteiger partial charge in [-0.05, 0) is 54.2 Å². The Labute approximate surface area is 125 Å². The number of rotatable bonds is 3. The van der Waals surface area contributed by atoms with Crippen LogP contribution in [0.3, 0.4) is 0 Å². The molecule has 3 heteroatoms. The first-order valence-electron chi connectivity index (χ1n) is 7.37. The van der Waals surface area contributed by atoms with E-state index in [1.54, 1.807) is 0 Å². The highest BCUT2D eigenvalue weighted by Gasteiger charge is 2.38. The van der Waals surface area contributed by atoms with Crippen LogP contribution in [0.25, 0.3) is 0 Å². The second kappa shape index (κ2) is 6.01. The first-order chi connectivity index (χ1) is 9.28. The van der Waals surface area contributed by atoms with Crippen LogP contribution in [0.2, 0.25) is 0 Å². The maximum absolute atomic E-state index is 13.3. The van der Waals surface area contributed by atoms with Gasteiger partial charge in [0.2, 0.25) is 0 Å². The van der Waals surface area contributed by atoms with E-state index in [0.717, 1.165) is 24.5 Å². The third-order valence-electron chi connectivity index (χ3n) is 4.62. The van der Waals surface area contributed by atoms with Crippen molar-refractivity contribution in [3.05, 3.63) is 35.4 Å². The van der Waals surface area contributed by atoms with E-state index in [1.165, 1.54) is 18.6 Å². The van der Waals surface area contributed by atoms with Gasteiger partial charge in [-0.2, -0.15) is 0 Å². The summed E-state index contributed by atoms with van der Waals surface area (Å²) in [5, 5.41) is 0.159. The van der Waals surface area contributed by atoms with Crippen molar-refractivity contribution in [2.45, 2.75) is 51.8 Å². The van der Waals surface area contributed by atoms with E-state index in [-0.39, 0.29) is 10.8 Å². The molecule has 1 fully saturated rings. The Hall–Kier alpha value is -0.630. The standard InChI is InChI=1S/C17H23ClF2/c1-11-4-5-15(16(18)6-11)17(2,3)10-12-7-13(19)9-14(20)8-12/h7-9,11,15-16H,4-6,10H2,1-3H3. The van der Waals surface area contributed by atoms with Crippen LogP contribution in [0.4, 0.5) is 8.78 Å². The first-order valence-corrected chi connectivity index (χ1v) is 7.80. The van der Waals surface area contributed by atoms with Gasteiger partial charge in [-0.1, -0.05) is 27.2 Å². The summed E-state index contributed by atoms with van der Waals surface area (Å²) in [5.41, 5.74) is 0.669. The largest absolute Gasteiger partial charge is 0.207 e. The number of hydrogen-bond donors (Lipinski definition) is 0. The molecule has 0 spiro atoms. The third kappa shape index (κ3) is 3.72. The average Bonchev–Trinajstić information content (AvgIpc) is 2.25. The monoisotopic (exact) mass is 300 g/mol. The van der Waals surface area contributed by atoms with Gasteiger partial charge in [0.05, 0.1) is 0 Å². The lowest BCUT2D eigenvalue weighted by molar-refractivity contribution is 0.141. The highest BCUT2D eigenvalue weighted by atomic mass is 35.5. The second-order valence-corrected chi connectivity index (χ2v) is 7.54. The van der Waals surface area contributed by atoms with E-state index in [1.807, 2.05) is 0 Å². The Morgan fingerprint density at radius 1 is 1.15 bits per heavy atom. The summed E-state index contributed by atoms with van der Waals surface area (Å²) in [4.78, 5) is 0. The average molecular weight is 301 g/mol. The highest BCUT2D eigenvalue weighted by Crippen LogP contribution is 2.44. The normalized spacial score (nSPS) is 27.6. The minimum atomic E-state index is -0.504. The van der Waals surface area contributed by atoms with Crippen LogP contribution in [0, 0.1) is 28.9 Å². The summed E-state index contributed by atoms with van der Waals surface area (Å²) in [6.07, 6.45) is 3.98. The van der Waals surface area contributed by atoms with Crippen LogP contribution in [-0.4, -0.2) is 5.38 Å². The van der Waals surface area contributed by atoms with Crippen molar-refractivity contribution in [2.24, 2.45) is 17.3 Å². The van der Waals surface area contributed by atoms with Crippen molar-refractivity contribution in [1.82, 2.24) is 0 Å². The molecule has 0 radical (unpaired) electrons. The number of halogens is 3. The summed E-state index contributed by atoms with van der Waals surface area (Å²) < 4.78 is 26.6. The molecule has 0 saturated heterocycles. The van der Waals surface area contributed by atoms with E-state index in [0.29, 0.717) is 18.3 Å². The summed E-state index contributed by atoms with van der Waals surface area (Å²) >= 11 is 6.54. The summed E-state index contributed by atoms with van der Waals surface area (Å²) in [6, 6.07) is 3.78. The SMILES string of the molecule is CC1CCC(C(C)(C)Cc2cc(F)cc(F)c2)C(Cl)C1. The van der Waals surface area contributed by atoms with Crippen molar-refractivity contribution < 1.29 is 8.78 Å². The Morgan fingerprint density at radius 3 is 2.30 bits per heavy atom. The van der Waals surface area contributed by atoms with Crippen LogP contribution in [0.5, 0.6) is 0 Å². The van der Waals surface area contributed by atoms with Crippen molar-refractivity contribution in [1.29, 1.82) is 0 Å². The molecule has 0 heterocycles. The summed E-state index contributed by atoms with van der Waals surface area (Å²) in [6.45, 7) is 6.55. The van der Waals surface area contributed by atoms with Gasteiger partial charge < -0.3 is 0 Å². The van der Waals surface area contributed by atoms with Gasteiger partial charge in [-0.25, -0.2) is 8.78 Å². The zero-order valence-electron chi connectivity index (χ0n) is 12.4. The fraction of sp³-hybridized carbons (Fsp3) is 0.647. The molecule has 3 unspecified atom stereocenters. The quantitative estimate of drug-likeness (QED) is 0.639. The van der Waals surface area contributed by atoms with Gasteiger partial charge in [-0.15, -0.1) is 11.6 Å². The lowest BCUT2D eigenvalue weighted by Gasteiger charge is -2.42. The Balaban J connectivity index is 2.13. The smallest absolute Gasteiger partial charge is 0.126 e. The van der Waals surface area contributed by atoms with Gasteiger partial charge in [0.25, 0.3) is 0 Å². The molecule has 0 aromatic heterocycles. The van der Waals surface area contributed by atoms with Crippen LogP contribution >= 0.6 is 11.6 Å². The number of hydrogen-bond acceptors (Lipinski definition) is 0. The molecule has 0 nitrogen and oxygen atoms in total. The van der Waals surface area contributed by atoms with E-state index < -0.39 is 11.6 Å². The zero-order chi connectivity index (χ0) is 14.9. The maximum Gasteiger partial charge on any atom is 0.126 e. The molecule has 1 aliphatic carbocycles. The molecule has 1 saturated carbocycles. The zero-order valence-corrected chi connectivity index (χ0v) is 13.2. The fourth-order valence-corrected chi connectivity index (χ4v) is 4.33. The number of benzene rings is 1. The van der Waals surface area contributed by atoms with Crippen molar-refractivity contribution >= 4 is 11.6 Å². The summed E-state index contributed by atoms with van der Waals surface area (Å²) in [5.74, 6) is 0.0637. The van der Waals surface area contributed by atoms with E-state index in [2.05, 4.69) is 20.8 Å². The van der Waals surface area contributed by atoms with Crippen molar-refractivity contribution in [3.63, 3.8) is 0 Å². The molecular formula is C17H23ClF2. The topological polar surface area (TPSA) is 0 Å². The molecule has 0 aliphatic heterocycles. The lowest BCUT2D eigenvalue weighted by atomic mass is 9.66. The van der Waals surface area contributed by atoms with Gasteiger partial charge in [-0.3, -0.25) is 0 Å². The molecule has 1 aliphatic rings. The predicted octanol–water partition coefficient (Wildman–Crippen LogP) is 5.58. The van der Waals surface area contributed by atoms with Crippen LogP contribution in [0.15, 0.2) is 18.2 Å². The molecule has 2 rings (SSSR count). The van der Waals surface area contributed by atoms with Crippen LogP contribution in [0.1, 0.15) is 45.6 Å². The summed E-state index contributed by atoms with van der Waals surface area (Å²) in [7, 11) is 0. The van der Waals surface area contributed by atoms with Crippen molar-refractivity contribution in [2.75, 3.05) is 0 Å². The maximum atomic E-state index is 13.3. The Morgan fingerprint density at radius 2 is 1.75 bits per heavy atom. The van der Waals surface area contributed by atoms with E-state index in [4.69, 9.17) is 11.6 Å². The van der Waals surface area contributed by atoms with Gasteiger partial charge in [0, 0.05) is 11.4 Å². The first kappa shape index (κ1) is 15.8. The Bertz CT molecular complexity index is 450. The van der Waals surface area contributed by atoms with E-state index >= 15 is 0 Å². The molecule has 1 aromatic carbocycles. The van der Waals surface area contributed by atoms with Crippen molar-refractivity contribution in [3.8, 4) is 0 Å². The molecule has 1 aromatic rings. The van der Waals surface area contributed by atoms with Gasteiger partial charge >= 0.3 is 0 Å². The third-order valence-corrected chi connectivity index (χ3v) is 5.10. The predicted molar refractivity (Wildman–Crippen MR) is 80.0 cm³/mol. The molecule has 0 N–H and O–H groups in total. The van der Waals surface area contributed by atoms with E-state index in [9.17, 15) is 8.78 Å². The molecule has 0 bridgehead atoms. The lowest BCUT2D eigenvalue weighted by Crippen LogP contribution is -2.37. The molecule has 0 amide bonds. The molecule has 3 atom stereocenters.